The van der Waals surface area contributed by atoms with Crippen LogP contribution in [0.1, 0.15) is 69.2 Å². The van der Waals surface area contributed by atoms with E-state index in [1.165, 1.54) is 0 Å². The van der Waals surface area contributed by atoms with Crippen molar-refractivity contribution in [3.8, 4) is 0 Å². The van der Waals surface area contributed by atoms with Gasteiger partial charge in [0.2, 0.25) is 0 Å². The maximum atomic E-state index is 11.4. The first kappa shape index (κ1) is 25.0. The highest BCUT2D eigenvalue weighted by molar-refractivity contribution is 6.52. The van der Waals surface area contributed by atoms with Gasteiger partial charge in [-0.25, -0.2) is 0 Å². The van der Waals surface area contributed by atoms with E-state index in [1.807, 2.05) is 20.8 Å². The van der Waals surface area contributed by atoms with Crippen molar-refractivity contribution in [1.29, 1.82) is 0 Å². The molecule has 0 radical (unpaired) electrons. The first-order valence-electron chi connectivity index (χ1n) is 9.78. The molecular formula is C19H37B2NO6. The van der Waals surface area contributed by atoms with E-state index >= 15 is 0 Å². The number of nitrogens with zero attached hydrogens (tertiary/aromatic N) is 1. The Hall–Kier alpha value is -1.05. The van der Waals surface area contributed by atoms with Gasteiger partial charge in [-0.15, -0.1) is 0 Å². The summed E-state index contributed by atoms with van der Waals surface area (Å²) in [6.45, 7) is 20.5. The van der Waals surface area contributed by atoms with Crippen LogP contribution in [0, 0.1) is 0 Å². The lowest BCUT2D eigenvalue weighted by Gasteiger charge is -2.32. The number of hydrogen-bond donors (Lipinski definition) is 0. The third kappa shape index (κ3) is 6.78. The lowest BCUT2D eigenvalue weighted by Crippen LogP contribution is -2.45. The van der Waals surface area contributed by atoms with Crippen LogP contribution in [0.25, 0.3) is 0 Å². The summed E-state index contributed by atoms with van der Waals surface area (Å²) in [6, 6.07) is 0. The van der Waals surface area contributed by atoms with Crippen molar-refractivity contribution < 1.29 is 28.2 Å². The highest BCUT2D eigenvalue weighted by Gasteiger charge is 2.55. The molecule has 0 unspecified atom stereocenters. The maximum absolute atomic E-state index is 11.4. The summed E-state index contributed by atoms with van der Waals surface area (Å²) in [4.78, 5) is 24.3. The normalized spacial score (nSPS) is 23.2. The minimum Gasteiger partial charge on any atom is -0.498 e. The van der Waals surface area contributed by atoms with Crippen LogP contribution in [0.2, 0.25) is 10.6 Å². The Kier molecular flexibility index (Phi) is 7.46. The topological polar surface area (TPSA) is 74.3 Å². The molecule has 2 aliphatic heterocycles. The Morgan fingerprint density at radius 2 is 1.07 bits per heavy atom. The molecular weight excluding hydrogens is 360 g/mol. The molecule has 2 aliphatic rings. The fraction of sp³-hybridized carbons (Fsp3) is 0.895. The molecule has 0 aromatic rings. The van der Waals surface area contributed by atoms with Gasteiger partial charge in [0.1, 0.15) is 0 Å². The molecule has 7 nitrogen and oxygen atoms in total. The van der Waals surface area contributed by atoms with E-state index in [0.717, 1.165) is 0 Å². The fourth-order valence-corrected chi connectivity index (χ4v) is 2.38. The standard InChI is InChI=1S/C10H21BO2.C9H16BNO4/c1-8(2,3)11-12-9(4,5)10(6,7)13-11;1-9(2,3)10-14-7(12)5-11(4)6-8(13)15-10/h1-7H3;5-6H2,1-4H3. The minimum atomic E-state index is -0.800. The lowest BCUT2D eigenvalue weighted by atomic mass is 9.61. The van der Waals surface area contributed by atoms with E-state index in [9.17, 15) is 9.59 Å². The average Bonchev–Trinajstić information content (AvgIpc) is 2.64. The third-order valence-corrected chi connectivity index (χ3v) is 4.94. The Labute approximate surface area is 171 Å². The van der Waals surface area contributed by atoms with Crippen LogP contribution < -0.4 is 0 Å². The fourth-order valence-electron chi connectivity index (χ4n) is 2.38. The average molecular weight is 397 g/mol. The second-order valence-corrected chi connectivity index (χ2v) is 10.8. The van der Waals surface area contributed by atoms with Crippen LogP contribution >= 0.6 is 0 Å². The van der Waals surface area contributed by atoms with Crippen molar-refractivity contribution >= 4 is 26.2 Å². The van der Waals surface area contributed by atoms with Gasteiger partial charge >= 0.3 is 26.2 Å². The maximum Gasteiger partial charge on any atom is 0.604 e. The van der Waals surface area contributed by atoms with Gasteiger partial charge in [-0.05, 0) is 40.1 Å². The quantitative estimate of drug-likeness (QED) is 0.582. The Morgan fingerprint density at radius 1 is 0.750 bits per heavy atom. The van der Waals surface area contributed by atoms with Crippen LogP contribution in [0.5, 0.6) is 0 Å². The molecule has 2 fully saturated rings. The SMILES string of the molecule is CC(C)(C)B1OC(C)(C)C(C)(C)O1.CN1CC(=O)OB(C(C)(C)C)OC(=O)C1. The lowest BCUT2D eigenvalue weighted by molar-refractivity contribution is -0.146. The van der Waals surface area contributed by atoms with Crippen molar-refractivity contribution in [2.24, 2.45) is 0 Å². The molecule has 0 saturated carbocycles. The minimum absolute atomic E-state index is 0.0467. The molecule has 2 heterocycles. The van der Waals surface area contributed by atoms with E-state index in [1.54, 1.807) is 11.9 Å². The van der Waals surface area contributed by atoms with E-state index in [0.29, 0.717) is 0 Å². The largest absolute Gasteiger partial charge is 0.604 e. The van der Waals surface area contributed by atoms with Crippen LogP contribution in [0.15, 0.2) is 0 Å². The second kappa shape index (κ2) is 8.36. The van der Waals surface area contributed by atoms with Gasteiger partial charge < -0.3 is 18.6 Å². The summed E-state index contributed by atoms with van der Waals surface area (Å²) in [5.74, 6) is -0.741. The Morgan fingerprint density at radius 3 is 1.32 bits per heavy atom. The van der Waals surface area contributed by atoms with E-state index in [4.69, 9.17) is 18.6 Å². The first-order chi connectivity index (χ1) is 12.3. The number of hydrogen-bond acceptors (Lipinski definition) is 7. The Bertz CT molecular complexity index is 544. The zero-order valence-electron chi connectivity index (χ0n) is 19.5. The summed E-state index contributed by atoms with van der Waals surface area (Å²) < 4.78 is 22.0. The van der Waals surface area contributed by atoms with Gasteiger partial charge in [-0.1, -0.05) is 41.5 Å². The molecule has 0 bridgehead atoms. The van der Waals surface area contributed by atoms with E-state index in [-0.39, 0.29) is 48.7 Å². The summed E-state index contributed by atoms with van der Waals surface area (Å²) in [6.07, 6.45) is 0. The zero-order valence-corrected chi connectivity index (χ0v) is 19.5. The van der Waals surface area contributed by atoms with Gasteiger partial charge in [0, 0.05) is 5.31 Å². The second-order valence-electron chi connectivity index (χ2n) is 10.8. The van der Waals surface area contributed by atoms with Crippen molar-refractivity contribution in [3.05, 3.63) is 0 Å². The molecule has 0 amide bonds. The molecule has 0 aliphatic carbocycles. The third-order valence-electron chi connectivity index (χ3n) is 4.94. The predicted octanol–water partition coefficient (Wildman–Crippen LogP) is 3.19. The molecule has 28 heavy (non-hydrogen) atoms. The molecule has 160 valence electrons. The zero-order chi connectivity index (χ0) is 22.1. The van der Waals surface area contributed by atoms with Crippen LogP contribution in [-0.4, -0.2) is 62.4 Å². The molecule has 2 saturated heterocycles. The summed E-state index contributed by atoms with van der Waals surface area (Å²) in [5.41, 5.74) is -0.407. The smallest absolute Gasteiger partial charge is 0.498 e. The summed E-state index contributed by atoms with van der Waals surface area (Å²) in [7, 11) is 0.767. The predicted molar refractivity (Wildman–Crippen MR) is 111 cm³/mol. The van der Waals surface area contributed by atoms with Crippen LogP contribution in [0.4, 0.5) is 0 Å². The van der Waals surface area contributed by atoms with Gasteiger partial charge in [0.15, 0.2) is 0 Å². The highest BCUT2D eigenvalue weighted by Crippen LogP contribution is 2.44. The number of carbonyl (C=O) groups excluding carboxylic acids is 2. The molecule has 0 spiro atoms. The van der Waals surface area contributed by atoms with Gasteiger partial charge in [0.05, 0.1) is 24.3 Å². The van der Waals surface area contributed by atoms with Gasteiger partial charge in [0.25, 0.3) is 0 Å². The summed E-state index contributed by atoms with van der Waals surface area (Å²) >= 11 is 0. The summed E-state index contributed by atoms with van der Waals surface area (Å²) in [5, 5.41) is -0.355. The van der Waals surface area contributed by atoms with Crippen LogP contribution in [-0.2, 0) is 28.2 Å². The number of carbonyl (C=O) groups is 2. The van der Waals surface area contributed by atoms with Crippen molar-refractivity contribution in [3.63, 3.8) is 0 Å². The van der Waals surface area contributed by atoms with Gasteiger partial charge in [-0.2, -0.15) is 0 Å². The molecule has 0 atom stereocenters. The van der Waals surface area contributed by atoms with Crippen molar-refractivity contribution in [2.75, 3.05) is 20.1 Å². The Balaban J connectivity index is 0.000000283. The van der Waals surface area contributed by atoms with E-state index in [2.05, 4.69) is 48.5 Å². The highest BCUT2D eigenvalue weighted by atomic mass is 16.7. The van der Waals surface area contributed by atoms with Crippen molar-refractivity contribution in [1.82, 2.24) is 4.90 Å². The molecule has 0 aromatic carbocycles. The van der Waals surface area contributed by atoms with Gasteiger partial charge in [-0.3, -0.25) is 14.5 Å². The molecule has 2 rings (SSSR count). The first-order valence-corrected chi connectivity index (χ1v) is 9.78. The molecule has 9 heteroatoms. The number of likely N-dealkylation sites (N-methyl/N-ethyl adjacent to an activating group) is 1. The number of rotatable bonds is 0. The monoisotopic (exact) mass is 397 g/mol. The van der Waals surface area contributed by atoms with Crippen LogP contribution in [0.3, 0.4) is 0 Å². The molecule has 0 N–H and O–H groups in total. The molecule has 0 aromatic heterocycles. The van der Waals surface area contributed by atoms with Crippen molar-refractivity contribution in [2.45, 2.75) is 91.1 Å². The van der Waals surface area contributed by atoms with E-state index < -0.39 is 12.4 Å².